The average Bonchev–Trinajstić information content (AvgIpc) is 3.39. The molecule has 0 fully saturated rings. The van der Waals surface area contributed by atoms with Crippen molar-refractivity contribution in [2.45, 2.75) is 379 Å². The van der Waals surface area contributed by atoms with Gasteiger partial charge in [0.2, 0.25) is 5.91 Å². The fourth-order valence-electron chi connectivity index (χ4n) is 10.4. The van der Waals surface area contributed by atoms with Crippen LogP contribution >= 0.6 is 0 Å². The SMILES string of the molecule is CCCCCCCC/C=C\CCCCCCCCCC(=O)OCCCCCCCCCC/C=C\CCCCCCCCCC(=O)NC(CO)C(O)CCCCCCCCCCCCCCCCCCCCCC. The third-order valence-corrected chi connectivity index (χ3v) is 15.5. The number of carbonyl (C=O) groups excluding carboxylic acids is 2. The lowest BCUT2D eigenvalue weighted by Gasteiger charge is -2.22. The summed E-state index contributed by atoms with van der Waals surface area (Å²) >= 11 is 0. The molecule has 0 aromatic carbocycles. The first-order chi connectivity index (χ1) is 36.0. The molecule has 3 N–H and O–H groups in total. The Bertz CT molecular complexity index is 1140. The fraction of sp³-hybridized carbons (Fsp3) is 0.910. The van der Waals surface area contributed by atoms with Gasteiger partial charge in [0.1, 0.15) is 0 Å². The van der Waals surface area contributed by atoms with E-state index < -0.39 is 12.1 Å². The number of ether oxygens (including phenoxy) is 1. The highest BCUT2D eigenvalue weighted by Crippen LogP contribution is 2.18. The van der Waals surface area contributed by atoms with Gasteiger partial charge in [0.15, 0.2) is 0 Å². The zero-order chi connectivity index (χ0) is 52.9. The first-order valence-electron chi connectivity index (χ1n) is 33.1. The molecule has 0 aliphatic carbocycles. The van der Waals surface area contributed by atoms with E-state index in [1.54, 1.807) is 0 Å². The van der Waals surface area contributed by atoms with E-state index in [9.17, 15) is 19.8 Å². The predicted octanol–water partition coefficient (Wildman–Crippen LogP) is 21.0. The van der Waals surface area contributed by atoms with Gasteiger partial charge in [-0.15, -0.1) is 0 Å². The maximum Gasteiger partial charge on any atom is 0.305 e. The summed E-state index contributed by atoms with van der Waals surface area (Å²) in [6, 6.07) is -0.549. The van der Waals surface area contributed by atoms with E-state index in [1.807, 2.05) is 0 Å². The van der Waals surface area contributed by atoms with Crippen LogP contribution in [0.25, 0.3) is 0 Å². The van der Waals surface area contributed by atoms with Crippen molar-refractivity contribution in [3.05, 3.63) is 24.3 Å². The zero-order valence-corrected chi connectivity index (χ0v) is 49.4. The fourth-order valence-corrected chi connectivity index (χ4v) is 10.4. The standard InChI is InChI=1S/C67H129NO5/c1-3-5-7-9-11-13-15-17-19-21-22-24-28-31-35-39-43-47-51-55-59-65(70)64(63-69)68-66(71)60-56-52-48-44-40-36-32-29-25-23-26-30-34-38-42-46-50-54-58-62-73-67(72)61-57-53-49-45-41-37-33-27-20-18-16-14-12-10-8-6-4-2/h18,20,23,25,64-65,69-70H,3-17,19,21-22,24,26-63H2,1-2H3,(H,68,71)/b20-18-,25-23-. The minimum absolute atomic E-state index is 0.00147. The number of aliphatic hydroxyl groups excluding tert-OH is 2. The van der Waals surface area contributed by atoms with Crippen LogP contribution in [0, 0.1) is 0 Å². The number of rotatable bonds is 62. The summed E-state index contributed by atoms with van der Waals surface area (Å²) < 4.78 is 5.49. The quantitative estimate of drug-likeness (QED) is 0.0320. The molecule has 2 atom stereocenters. The van der Waals surface area contributed by atoms with Crippen molar-refractivity contribution in [1.29, 1.82) is 0 Å². The van der Waals surface area contributed by atoms with Crippen molar-refractivity contribution in [3.8, 4) is 0 Å². The molecule has 432 valence electrons. The number of carbonyl (C=O) groups is 2. The van der Waals surface area contributed by atoms with E-state index in [2.05, 4.69) is 43.5 Å². The summed E-state index contributed by atoms with van der Waals surface area (Å²) in [5.41, 5.74) is 0. The minimum atomic E-state index is -0.671. The molecule has 0 heterocycles. The van der Waals surface area contributed by atoms with Crippen LogP contribution in [0.4, 0.5) is 0 Å². The van der Waals surface area contributed by atoms with E-state index in [1.165, 1.54) is 289 Å². The smallest absolute Gasteiger partial charge is 0.305 e. The van der Waals surface area contributed by atoms with Gasteiger partial charge in [0.05, 0.1) is 25.4 Å². The predicted molar refractivity (Wildman–Crippen MR) is 320 cm³/mol. The van der Waals surface area contributed by atoms with Crippen LogP contribution in [-0.4, -0.2) is 47.4 Å². The van der Waals surface area contributed by atoms with Gasteiger partial charge in [0, 0.05) is 12.8 Å². The summed E-state index contributed by atoms with van der Waals surface area (Å²) in [6.45, 7) is 4.96. The Morgan fingerprint density at radius 1 is 0.370 bits per heavy atom. The van der Waals surface area contributed by atoms with Crippen molar-refractivity contribution in [1.82, 2.24) is 5.32 Å². The molecule has 0 bridgehead atoms. The van der Waals surface area contributed by atoms with Crippen molar-refractivity contribution >= 4 is 11.9 Å². The first kappa shape index (κ1) is 71.3. The lowest BCUT2D eigenvalue weighted by Crippen LogP contribution is -2.45. The molecule has 0 rings (SSSR count). The van der Waals surface area contributed by atoms with Gasteiger partial charge >= 0.3 is 5.97 Å². The average molecular weight is 1030 g/mol. The van der Waals surface area contributed by atoms with Gasteiger partial charge in [-0.05, 0) is 77.0 Å². The van der Waals surface area contributed by atoms with Crippen LogP contribution < -0.4 is 5.32 Å². The molecule has 0 spiro atoms. The third-order valence-electron chi connectivity index (χ3n) is 15.5. The maximum absolute atomic E-state index is 12.5. The van der Waals surface area contributed by atoms with E-state index in [0.29, 0.717) is 25.9 Å². The monoisotopic (exact) mass is 1030 g/mol. The number of amides is 1. The largest absolute Gasteiger partial charge is 0.466 e. The number of allylic oxidation sites excluding steroid dienone is 4. The summed E-state index contributed by atoms with van der Waals surface area (Å²) in [7, 11) is 0. The summed E-state index contributed by atoms with van der Waals surface area (Å²) in [5, 5.41) is 23.4. The second kappa shape index (κ2) is 62.9. The third kappa shape index (κ3) is 59.4. The minimum Gasteiger partial charge on any atom is -0.466 e. The topological polar surface area (TPSA) is 95.9 Å². The lowest BCUT2D eigenvalue weighted by molar-refractivity contribution is -0.143. The van der Waals surface area contributed by atoms with Crippen LogP contribution in [0.3, 0.4) is 0 Å². The van der Waals surface area contributed by atoms with E-state index in [4.69, 9.17) is 4.74 Å². The molecule has 2 unspecified atom stereocenters. The second-order valence-corrected chi connectivity index (χ2v) is 22.8. The van der Waals surface area contributed by atoms with Crippen LogP contribution in [-0.2, 0) is 14.3 Å². The summed E-state index contributed by atoms with van der Waals surface area (Å²) in [4.78, 5) is 24.6. The Morgan fingerprint density at radius 3 is 0.973 bits per heavy atom. The molecule has 0 radical (unpaired) electrons. The Labute approximate surface area is 456 Å². The van der Waals surface area contributed by atoms with Gasteiger partial charge in [-0.1, -0.05) is 301 Å². The molecule has 73 heavy (non-hydrogen) atoms. The van der Waals surface area contributed by atoms with Gasteiger partial charge in [-0.25, -0.2) is 0 Å². The summed E-state index contributed by atoms with van der Waals surface area (Å²) in [6.07, 6.45) is 77.7. The highest BCUT2D eigenvalue weighted by atomic mass is 16.5. The highest BCUT2D eigenvalue weighted by Gasteiger charge is 2.20. The van der Waals surface area contributed by atoms with Crippen molar-refractivity contribution in [2.75, 3.05) is 13.2 Å². The highest BCUT2D eigenvalue weighted by molar-refractivity contribution is 5.76. The Balaban J connectivity index is 3.43. The Hall–Kier alpha value is -1.66. The van der Waals surface area contributed by atoms with Crippen molar-refractivity contribution in [2.24, 2.45) is 0 Å². The van der Waals surface area contributed by atoms with E-state index in [0.717, 1.165) is 44.9 Å². The van der Waals surface area contributed by atoms with E-state index >= 15 is 0 Å². The first-order valence-corrected chi connectivity index (χ1v) is 33.1. The molecular formula is C67H129NO5. The van der Waals surface area contributed by atoms with Gasteiger partial charge in [-0.3, -0.25) is 9.59 Å². The molecule has 0 aromatic rings. The molecule has 0 aromatic heterocycles. The van der Waals surface area contributed by atoms with Gasteiger partial charge < -0.3 is 20.3 Å². The molecule has 0 aliphatic rings. The van der Waals surface area contributed by atoms with Crippen molar-refractivity contribution in [3.63, 3.8) is 0 Å². The van der Waals surface area contributed by atoms with Crippen LogP contribution in [0.5, 0.6) is 0 Å². The number of hydrogen-bond donors (Lipinski definition) is 3. The number of nitrogens with one attached hydrogen (secondary N) is 1. The van der Waals surface area contributed by atoms with E-state index in [-0.39, 0.29) is 18.5 Å². The number of unbranched alkanes of at least 4 members (excludes halogenated alkanes) is 47. The molecule has 6 heteroatoms. The van der Waals surface area contributed by atoms with Gasteiger partial charge in [0.25, 0.3) is 0 Å². The molecule has 0 aliphatic heterocycles. The summed E-state index contributed by atoms with van der Waals surface area (Å²) in [5.74, 6) is -0.0397. The molecule has 0 saturated heterocycles. The maximum atomic E-state index is 12.5. The number of aliphatic hydroxyl groups is 2. The number of esters is 1. The normalized spacial score (nSPS) is 12.7. The molecule has 6 nitrogen and oxygen atoms in total. The Morgan fingerprint density at radius 2 is 0.644 bits per heavy atom. The van der Waals surface area contributed by atoms with Crippen molar-refractivity contribution < 1.29 is 24.5 Å². The second-order valence-electron chi connectivity index (χ2n) is 22.8. The zero-order valence-electron chi connectivity index (χ0n) is 49.4. The Kier molecular flexibility index (Phi) is 61.4. The molecule has 0 saturated carbocycles. The van der Waals surface area contributed by atoms with Crippen LogP contribution in [0.2, 0.25) is 0 Å². The molecule has 1 amide bonds. The number of hydrogen-bond acceptors (Lipinski definition) is 5. The van der Waals surface area contributed by atoms with Crippen LogP contribution in [0.1, 0.15) is 367 Å². The molecular weight excluding hydrogens is 899 g/mol. The van der Waals surface area contributed by atoms with Crippen LogP contribution in [0.15, 0.2) is 24.3 Å². The van der Waals surface area contributed by atoms with Gasteiger partial charge in [-0.2, -0.15) is 0 Å². The lowest BCUT2D eigenvalue weighted by atomic mass is 10.0.